The molecule has 5 aromatic carbocycles. The van der Waals surface area contributed by atoms with E-state index in [1.165, 1.54) is 73.7 Å². The first kappa shape index (κ1) is 26.0. The second-order valence-electron chi connectivity index (χ2n) is 11.0. The summed E-state index contributed by atoms with van der Waals surface area (Å²) in [5.74, 6) is 2.73. The third kappa shape index (κ3) is 5.29. The van der Waals surface area contributed by atoms with Crippen LogP contribution in [0.15, 0.2) is 97.1 Å². The topological polar surface area (TPSA) is 0 Å². The van der Waals surface area contributed by atoms with Gasteiger partial charge in [0, 0.05) is 36.3 Å². The lowest BCUT2D eigenvalue weighted by molar-refractivity contribution is 0.977. The molecule has 2 heteroatoms. The van der Waals surface area contributed by atoms with Gasteiger partial charge in [0.2, 0.25) is 0 Å². The van der Waals surface area contributed by atoms with Crippen molar-refractivity contribution in [2.75, 3.05) is 0 Å². The zero-order valence-corrected chi connectivity index (χ0v) is 25.0. The normalized spacial score (nSPS) is 11.6. The second-order valence-corrected chi connectivity index (χ2v) is 13.4. The van der Waals surface area contributed by atoms with Crippen LogP contribution in [0.1, 0.15) is 38.9 Å². The van der Waals surface area contributed by atoms with Gasteiger partial charge in [0.25, 0.3) is 0 Å². The number of rotatable bonds is 8. The van der Waals surface area contributed by atoms with Crippen LogP contribution in [0, 0.1) is 12.3 Å². The third-order valence-corrected chi connectivity index (χ3v) is 10.7. The fourth-order valence-electron chi connectivity index (χ4n) is 5.96. The molecule has 200 valence electrons. The van der Waals surface area contributed by atoms with Gasteiger partial charge in [-0.25, -0.2) is 0 Å². The highest BCUT2D eigenvalue weighted by molar-refractivity contribution is 7.19. The lowest BCUT2D eigenvalue weighted by Crippen LogP contribution is -1.89. The van der Waals surface area contributed by atoms with Crippen molar-refractivity contribution in [1.29, 1.82) is 0 Å². The van der Waals surface area contributed by atoms with Gasteiger partial charge in [-0.3, -0.25) is 0 Å². The molecule has 0 atom stereocenters. The van der Waals surface area contributed by atoms with Crippen LogP contribution in [-0.2, 0) is 38.5 Å². The number of thiophene rings is 2. The second kappa shape index (κ2) is 11.2. The number of hydrogen-bond acceptors (Lipinski definition) is 2. The molecule has 0 saturated heterocycles. The molecule has 0 bridgehead atoms. The van der Waals surface area contributed by atoms with Crippen LogP contribution in [0.3, 0.4) is 0 Å². The maximum atomic E-state index is 5.45. The molecule has 7 rings (SSSR count). The number of terminal acetylenes is 1. The molecule has 0 aliphatic rings. The molecule has 0 radical (unpaired) electrons. The summed E-state index contributed by atoms with van der Waals surface area (Å²) in [5.41, 5.74) is 5.42. The van der Waals surface area contributed by atoms with Crippen molar-refractivity contribution in [2.24, 2.45) is 0 Å². The predicted octanol–water partition coefficient (Wildman–Crippen LogP) is 10.7. The van der Waals surface area contributed by atoms with E-state index in [4.69, 9.17) is 6.42 Å². The molecule has 0 fully saturated rings. The molecule has 41 heavy (non-hydrogen) atoms. The SMILES string of the molecule is C#CCc1ccc(CCc2cc3c(ccc4cc5c(ccc6sc(CCc7ccc(CC)cc7)cc65)cc43)s2)cc1. The molecular formula is C39H32S2. The van der Waals surface area contributed by atoms with Crippen molar-refractivity contribution in [3.05, 3.63) is 129 Å². The van der Waals surface area contributed by atoms with E-state index in [9.17, 15) is 0 Å². The molecular weight excluding hydrogens is 533 g/mol. The zero-order valence-electron chi connectivity index (χ0n) is 23.4. The summed E-state index contributed by atoms with van der Waals surface area (Å²) >= 11 is 3.88. The maximum Gasteiger partial charge on any atom is 0.0352 e. The van der Waals surface area contributed by atoms with Crippen molar-refractivity contribution in [3.8, 4) is 12.3 Å². The first-order valence-electron chi connectivity index (χ1n) is 14.6. The van der Waals surface area contributed by atoms with E-state index in [-0.39, 0.29) is 0 Å². The van der Waals surface area contributed by atoms with Gasteiger partial charge in [0.1, 0.15) is 0 Å². The predicted molar refractivity (Wildman–Crippen MR) is 182 cm³/mol. The molecule has 2 aromatic heterocycles. The number of aryl methyl sites for hydroxylation is 5. The Balaban J connectivity index is 1.16. The first-order chi connectivity index (χ1) is 20.2. The minimum atomic E-state index is 0.700. The molecule has 0 N–H and O–H groups in total. The van der Waals surface area contributed by atoms with E-state index >= 15 is 0 Å². The molecule has 0 spiro atoms. The van der Waals surface area contributed by atoms with Crippen molar-refractivity contribution in [2.45, 2.75) is 45.4 Å². The smallest absolute Gasteiger partial charge is 0.0352 e. The van der Waals surface area contributed by atoms with E-state index in [1.807, 2.05) is 22.7 Å². The van der Waals surface area contributed by atoms with E-state index in [0.717, 1.165) is 32.1 Å². The lowest BCUT2D eigenvalue weighted by Gasteiger charge is -2.05. The van der Waals surface area contributed by atoms with Gasteiger partial charge < -0.3 is 0 Å². The summed E-state index contributed by atoms with van der Waals surface area (Å²) in [6, 6.07) is 36.9. The summed E-state index contributed by atoms with van der Waals surface area (Å²) < 4.78 is 2.77. The summed E-state index contributed by atoms with van der Waals surface area (Å²) in [4.78, 5) is 2.92. The minimum Gasteiger partial charge on any atom is -0.140 e. The van der Waals surface area contributed by atoms with Crippen LogP contribution >= 0.6 is 22.7 Å². The number of hydrogen-bond donors (Lipinski definition) is 0. The molecule has 0 amide bonds. The maximum absolute atomic E-state index is 5.45. The largest absolute Gasteiger partial charge is 0.140 e. The van der Waals surface area contributed by atoms with Gasteiger partial charge in [-0.15, -0.1) is 35.0 Å². The van der Waals surface area contributed by atoms with Crippen molar-refractivity contribution in [3.63, 3.8) is 0 Å². The van der Waals surface area contributed by atoms with Crippen molar-refractivity contribution in [1.82, 2.24) is 0 Å². The van der Waals surface area contributed by atoms with E-state index in [0.29, 0.717) is 6.42 Å². The van der Waals surface area contributed by atoms with Crippen molar-refractivity contribution < 1.29 is 0 Å². The van der Waals surface area contributed by atoms with E-state index < -0.39 is 0 Å². The first-order valence-corrected chi connectivity index (χ1v) is 16.2. The van der Waals surface area contributed by atoms with Gasteiger partial charge in [-0.1, -0.05) is 67.6 Å². The van der Waals surface area contributed by atoms with E-state index in [1.54, 1.807) is 0 Å². The molecule has 2 heterocycles. The van der Waals surface area contributed by atoms with Crippen LogP contribution < -0.4 is 0 Å². The molecule has 0 aliphatic carbocycles. The standard InChI is InChI=1S/C39H32S2/c1-3-5-27-10-12-29(13-11-27)15-19-33-25-37-35-23-30-16-20-38-36(34(30)22-31(35)17-21-39(37)41-33)24-32(40-38)18-14-28-8-6-26(4-2)7-9-28/h1,6-13,16-17,20-25H,4-5,14-15,18-19H2,2H3. The molecule has 0 unspecified atom stereocenters. The Morgan fingerprint density at radius 3 is 1.44 bits per heavy atom. The van der Waals surface area contributed by atoms with Crippen LogP contribution in [0.4, 0.5) is 0 Å². The molecule has 0 aliphatic heterocycles. The van der Waals surface area contributed by atoms with Crippen LogP contribution in [0.5, 0.6) is 0 Å². The summed E-state index contributed by atoms with van der Waals surface area (Å²) in [6.45, 7) is 2.21. The summed E-state index contributed by atoms with van der Waals surface area (Å²) in [5, 5.41) is 8.17. The quantitative estimate of drug-likeness (QED) is 0.127. The van der Waals surface area contributed by atoms with Gasteiger partial charge in [-0.05, 0) is 112 Å². The Bertz CT molecular complexity index is 2040. The Morgan fingerprint density at radius 1 is 0.512 bits per heavy atom. The van der Waals surface area contributed by atoms with Gasteiger partial charge in [0.15, 0.2) is 0 Å². The highest BCUT2D eigenvalue weighted by atomic mass is 32.1. The van der Waals surface area contributed by atoms with Crippen LogP contribution in [0.2, 0.25) is 0 Å². The van der Waals surface area contributed by atoms with Crippen molar-refractivity contribution >= 4 is 64.4 Å². The van der Waals surface area contributed by atoms with Crippen LogP contribution in [-0.4, -0.2) is 0 Å². The highest BCUT2D eigenvalue weighted by Crippen LogP contribution is 2.38. The minimum absolute atomic E-state index is 0.700. The Morgan fingerprint density at radius 2 is 0.976 bits per heavy atom. The zero-order chi connectivity index (χ0) is 27.8. The van der Waals surface area contributed by atoms with Crippen LogP contribution in [0.25, 0.3) is 41.7 Å². The summed E-state index contributed by atoms with van der Waals surface area (Å²) in [7, 11) is 0. The van der Waals surface area contributed by atoms with Gasteiger partial charge in [-0.2, -0.15) is 0 Å². The molecule has 7 aromatic rings. The molecule has 0 nitrogen and oxygen atoms in total. The highest BCUT2D eigenvalue weighted by Gasteiger charge is 2.11. The number of benzene rings is 5. The van der Waals surface area contributed by atoms with E-state index in [2.05, 4.69) is 110 Å². The fraction of sp³-hybridized carbons (Fsp3) is 0.179. The number of fused-ring (bicyclic) bond motifs is 6. The Kier molecular flexibility index (Phi) is 7.09. The van der Waals surface area contributed by atoms with Gasteiger partial charge in [0.05, 0.1) is 0 Å². The van der Waals surface area contributed by atoms with Gasteiger partial charge >= 0.3 is 0 Å². The molecule has 0 saturated carbocycles. The fourth-order valence-corrected chi connectivity index (χ4v) is 8.11. The third-order valence-electron chi connectivity index (χ3n) is 8.33. The monoisotopic (exact) mass is 564 g/mol. The Labute approximate surface area is 250 Å². The average Bonchev–Trinajstić information content (AvgIpc) is 3.63. The lowest BCUT2D eigenvalue weighted by atomic mass is 9.98. The average molecular weight is 565 g/mol. The Hall–Kier alpha value is -3.90. The summed E-state index contributed by atoms with van der Waals surface area (Å²) in [6.07, 6.45) is 11.5.